The van der Waals surface area contributed by atoms with Crippen molar-refractivity contribution in [3.05, 3.63) is 95.6 Å². The predicted octanol–water partition coefficient (Wildman–Crippen LogP) is 3.58. The Bertz CT molecular complexity index is 1480. The molecule has 0 radical (unpaired) electrons. The zero-order valence-corrected chi connectivity index (χ0v) is 26.7. The second-order valence-electron chi connectivity index (χ2n) is 11.9. The zero-order chi connectivity index (χ0) is 32.9. The molecule has 0 saturated heterocycles. The van der Waals surface area contributed by atoms with Crippen molar-refractivity contribution in [2.75, 3.05) is 20.3 Å². The Kier molecular flexibility index (Phi) is 12.6. The highest BCUT2D eigenvalue weighted by molar-refractivity contribution is 6.01. The summed E-state index contributed by atoms with van der Waals surface area (Å²) in [5.74, 6) is -0.709. The van der Waals surface area contributed by atoms with Crippen LogP contribution in [0.1, 0.15) is 54.6 Å². The third-order valence-corrected chi connectivity index (χ3v) is 7.69. The van der Waals surface area contributed by atoms with Gasteiger partial charge in [0.15, 0.2) is 0 Å². The molecule has 0 saturated carbocycles. The molecule has 3 aromatic carbocycles. The maximum atomic E-state index is 13.6. The Hall–Kier alpha value is -4.86. The van der Waals surface area contributed by atoms with E-state index in [0.29, 0.717) is 38.0 Å². The van der Waals surface area contributed by atoms with Crippen LogP contribution in [0.4, 0.5) is 0 Å². The Balaban J connectivity index is 1.53. The van der Waals surface area contributed by atoms with E-state index < -0.39 is 35.8 Å². The normalized spacial score (nSPS) is 19.0. The molecule has 1 aliphatic heterocycles. The average molecular weight is 629 g/mol. The number of aryl methyl sites for hydroxylation is 1. The van der Waals surface area contributed by atoms with Crippen LogP contribution in [-0.4, -0.2) is 62.0 Å². The van der Waals surface area contributed by atoms with Crippen LogP contribution < -0.4 is 30.7 Å². The number of nitrogens with one attached hydrogen (secondary N) is 4. The van der Waals surface area contributed by atoms with Crippen molar-refractivity contribution in [3.63, 3.8) is 0 Å². The van der Waals surface area contributed by atoms with E-state index in [-0.39, 0.29) is 30.4 Å². The van der Waals surface area contributed by atoms with Gasteiger partial charge in [-0.2, -0.15) is 0 Å². The largest absolute Gasteiger partial charge is 0.497 e. The number of methoxy groups -OCH3 is 1. The van der Waals surface area contributed by atoms with Crippen molar-refractivity contribution >= 4 is 23.6 Å². The number of carbonyl (C=O) groups excluding carboxylic acids is 4. The molecule has 4 amide bonds. The minimum Gasteiger partial charge on any atom is -0.497 e. The monoisotopic (exact) mass is 628 g/mol. The molecule has 244 valence electrons. The zero-order valence-electron chi connectivity index (χ0n) is 26.7. The highest BCUT2D eigenvalue weighted by Gasteiger charge is 2.30. The fourth-order valence-corrected chi connectivity index (χ4v) is 5.36. The summed E-state index contributed by atoms with van der Waals surface area (Å²) in [6.07, 6.45) is 1.89. The highest BCUT2D eigenvalue weighted by atomic mass is 16.5. The lowest BCUT2D eigenvalue weighted by Gasteiger charge is -2.27. The van der Waals surface area contributed by atoms with Gasteiger partial charge in [0.25, 0.3) is 5.91 Å². The topological polar surface area (TPSA) is 135 Å². The van der Waals surface area contributed by atoms with Gasteiger partial charge >= 0.3 is 0 Å². The molecular weight excluding hydrogens is 584 g/mol. The molecule has 4 rings (SSSR count). The first-order chi connectivity index (χ1) is 22.2. The molecule has 0 spiro atoms. The van der Waals surface area contributed by atoms with Gasteiger partial charge in [-0.05, 0) is 67.0 Å². The molecule has 0 aromatic heterocycles. The summed E-state index contributed by atoms with van der Waals surface area (Å²) in [7, 11) is 1.61. The minimum absolute atomic E-state index is 0.0878. The smallest absolute Gasteiger partial charge is 0.255 e. The van der Waals surface area contributed by atoms with Crippen LogP contribution in [0.25, 0.3) is 0 Å². The number of ether oxygens (including phenoxy) is 2. The number of rotatable bonds is 10. The van der Waals surface area contributed by atoms with E-state index in [4.69, 9.17) is 9.47 Å². The molecule has 46 heavy (non-hydrogen) atoms. The van der Waals surface area contributed by atoms with Crippen LogP contribution in [0.3, 0.4) is 0 Å². The first kappa shape index (κ1) is 34.0. The van der Waals surface area contributed by atoms with Crippen LogP contribution in [0, 0.1) is 5.92 Å². The predicted molar refractivity (Wildman–Crippen MR) is 176 cm³/mol. The summed E-state index contributed by atoms with van der Waals surface area (Å²) in [6.45, 7) is 4.36. The van der Waals surface area contributed by atoms with E-state index in [9.17, 15) is 19.2 Å². The van der Waals surface area contributed by atoms with E-state index in [2.05, 4.69) is 21.3 Å². The first-order valence-corrected chi connectivity index (χ1v) is 15.8. The lowest BCUT2D eigenvalue weighted by Crippen LogP contribution is -2.54. The fraction of sp³-hybridized carbons (Fsp3) is 0.389. The van der Waals surface area contributed by atoms with Gasteiger partial charge in [0.1, 0.15) is 30.2 Å². The second kappa shape index (κ2) is 17.0. The molecule has 0 aliphatic carbocycles. The molecule has 1 aliphatic rings. The van der Waals surface area contributed by atoms with Gasteiger partial charge in [-0.1, -0.05) is 68.4 Å². The van der Waals surface area contributed by atoms with E-state index in [0.717, 1.165) is 16.9 Å². The molecular formula is C36H44N4O6. The lowest BCUT2D eigenvalue weighted by atomic mass is 10.0. The summed E-state index contributed by atoms with van der Waals surface area (Å²) in [5, 5.41) is 11.5. The molecule has 0 unspecified atom stereocenters. The molecule has 0 fully saturated rings. The SMILES string of the molecule is COc1cccc(CCCNC(=O)[C@@H]2CC(=O)N[C@@H](CC(C)C)C(=O)N[C@H](Cc3ccccc3)COc3ccccc3C(=O)N2)c1. The number of fused-ring (bicyclic) bond motifs is 1. The van der Waals surface area contributed by atoms with Crippen LogP contribution in [-0.2, 0) is 27.2 Å². The molecule has 10 heteroatoms. The third kappa shape index (κ3) is 10.4. The van der Waals surface area contributed by atoms with Gasteiger partial charge in [0, 0.05) is 6.54 Å². The van der Waals surface area contributed by atoms with Crippen LogP contribution in [0.2, 0.25) is 0 Å². The molecule has 4 N–H and O–H groups in total. The number of benzene rings is 3. The standard InChI is InChI=1S/C36H44N4O6/c1-24(2)19-30-36(44)38-27(20-25-11-5-4-6-12-25)23-46-32-17-8-7-16-29(32)34(42)40-31(22-33(41)39-30)35(43)37-18-10-14-26-13-9-15-28(21-26)45-3/h4-9,11-13,15-17,21,24,27,30-31H,10,14,18-20,22-23H2,1-3H3,(H,37,43)(H,38,44)(H,39,41)(H,40,42)/t27-,30+,31+/m1/s1. The number of para-hydroxylation sites is 1. The third-order valence-electron chi connectivity index (χ3n) is 7.69. The van der Waals surface area contributed by atoms with Gasteiger partial charge < -0.3 is 30.7 Å². The molecule has 3 aromatic rings. The van der Waals surface area contributed by atoms with Crippen LogP contribution >= 0.6 is 0 Å². The van der Waals surface area contributed by atoms with Crippen molar-refractivity contribution in [1.82, 2.24) is 21.3 Å². The van der Waals surface area contributed by atoms with E-state index >= 15 is 0 Å². The average Bonchev–Trinajstić information content (AvgIpc) is 3.05. The molecule has 0 bridgehead atoms. The highest BCUT2D eigenvalue weighted by Crippen LogP contribution is 2.20. The summed E-state index contributed by atoms with van der Waals surface area (Å²) in [6, 6.07) is 21.7. The van der Waals surface area contributed by atoms with E-state index in [1.165, 1.54) is 0 Å². The second-order valence-corrected chi connectivity index (χ2v) is 11.9. The van der Waals surface area contributed by atoms with Crippen molar-refractivity contribution in [1.29, 1.82) is 0 Å². The maximum absolute atomic E-state index is 13.6. The van der Waals surface area contributed by atoms with Gasteiger partial charge in [0.05, 0.1) is 25.1 Å². The van der Waals surface area contributed by atoms with Gasteiger partial charge in [-0.25, -0.2) is 0 Å². The van der Waals surface area contributed by atoms with Gasteiger partial charge in [-0.3, -0.25) is 19.2 Å². The minimum atomic E-state index is -1.17. The maximum Gasteiger partial charge on any atom is 0.255 e. The number of hydrogen-bond acceptors (Lipinski definition) is 6. The number of carbonyl (C=O) groups is 4. The van der Waals surface area contributed by atoms with Crippen LogP contribution in [0.15, 0.2) is 78.9 Å². The Labute approximate surface area is 270 Å². The van der Waals surface area contributed by atoms with Crippen LogP contribution in [0.5, 0.6) is 11.5 Å². The summed E-state index contributed by atoms with van der Waals surface area (Å²) < 4.78 is 11.4. The quantitative estimate of drug-likeness (QED) is 0.254. The molecule has 1 heterocycles. The van der Waals surface area contributed by atoms with Crippen molar-refractivity contribution < 1.29 is 28.7 Å². The fourth-order valence-electron chi connectivity index (χ4n) is 5.36. The van der Waals surface area contributed by atoms with Gasteiger partial charge in [-0.15, -0.1) is 0 Å². The summed E-state index contributed by atoms with van der Waals surface area (Å²) in [5.41, 5.74) is 2.29. The number of hydrogen-bond donors (Lipinski definition) is 4. The van der Waals surface area contributed by atoms with Crippen molar-refractivity contribution in [3.8, 4) is 11.5 Å². The molecule has 3 atom stereocenters. The van der Waals surface area contributed by atoms with Gasteiger partial charge in [0.2, 0.25) is 17.7 Å². The summed E-state index contributed by atoms with van der Waals surface area (Å²) >= 11 is 0. The number of amides is 4. The Morgan fingerprint density at radius 2 is 1.67 bits per heavy atom. The first-order valence-electron chi connectivity index (χ1n) is 15.8. The molecule has 10 nitrogen and oxygen atoms in total. The summed E-state index contributed by atoms with van der Waals surface area (Å²) in [4.78, 5) is 53.8. The van der Waals surface area contributed by atoms with Crippen molar-refractivity contribution in [2.45, 2.75) is 64.1 Å². The Morgan fingerprint density at radius 3 is 2.43 bits per heavy atom. The van der Waals surface area contributed by atoms with E-state index in [1.54, 1.807) is 31.4 Å². The van der Waals surface area contributed by atoms with Crippen molar-refractivity contribution in [2.24, 2.45) is 5.92 Å². The van der Waals surface area contributed by atoms with E-state index in [1.807, 2.05) is 68.4 Å². The lowest BCUT2D eigenvalue weighted by molar-refractivity contribution is -0.131. The Morgan fingerprint density at radius 1 is 0.935 bits per heavy atom.